The zero-order valence-electron chi connectivity index (χ0n) is 13.1. The van der Waals surface area contributed by atoms with Gasteiger partial charge in [0.25, 0.3) is 0 Å². The van der Waals surface area contributed by atoms with Crippen molar-refractivity contribution in [1.29, 1.82) is 0 Å². The van der Waals surface area contributed by atoms with Crippen molar-refractivity contribution in [2.75, 3.05) is 13.7 Å². The van der Waals surface area contributed by atoms with Crippen LogP contribution in [-0.4, -0.2) is 24.7 Å². The van der Waals surface area contributed by atoms with E-state index >= 15 is 0 Å². The predicted molar refractivity (Wildman–Crippen MR) is 89.1 cm³/mol. The van der Waals surface area contributed by atoms with Crippen LogP contribution in [0.25, 0.3) is 0 Å². The molecule has 9 heteroatoms. The maximum Gasteiger partial charge on any atom is 0.315 e. The molecule has 22 heavy (non-hydrogen) atoms. The lowest BCUT2D eigenvalue weighted by Crippen LogP contribution is -2.25. The third kappa shape index (κ3) is 5.21. The van der Waals surface area contributed by atoms with Crippen molar-refractivity contribution in [1.82, 2.24) is 5.09 Å². The summed E-state index contributed by atoms with van der Waals surface area (Å²) in [5, 5.41) is 14.3. The van der Waals surface area contributed by atoms with Crippen LogP contribution >= 0.6 is 6.64 Å². The van der Waals surface area contributed by atoms with Gasteiger partial charge in [0, 0.05) is 6.04 Å². The number of nitro benzene ring substituents is 1. The van der Waals surface area contributed by atoms with E-state index < -0.39 is 11.6 Å². The fourth-order valence-electron chi connectivity index (χ4n) is 1.59. The monoisotopic (exact) mass is 348 g/mol. The average molecular weight is 348 g/mol. The molecular weight excluding hydrogens is 327 g/mol. The number of ether oxygens (including phenoxy) is 1. The summed E-state index contributed by atoms with van der Waals surface area (Å²) in [5.41, 5.74) is -0.209. The Morgan fingerprint density at radius 3 is 2.64 bits per heavy atom. The number of nitrogens with zero attached hydrogens (tertiary/aromatic N) is 1. The minimum Gasteiger partial charge on any atom is -0.496 e. The van der Waals surface area contributed by atoms with Gasteiger partial charge in [0.05, 0.1) is 24.7 Å². The molecule has 2 unspecified atom stereocenters. The first-order valence-electron chi connectivity index (χ1n) is 6.89. The Labute approximate surface area is 135 Å². The van der Waals surface area contributed by atoms with E-state index in [1.54, 1.807) is 13.0 Å². The molecule has 1 aromatic rings. The summed E-state index contributed by atoms with van der Waals surface area (Å²) in [6.45, 7) is 3.23. The van der Waals surface area contributed by atoms with Crippen molar-refractivity contribution in [2.45, 2.75) is 33.2 Å². The van der Waals surface area contributed by atoms with Gasteiger partial charge in [-0.15, -0.1) is 0 Å². The molecule has 1 N–H and O–H groups in total. The SMILES string of the molecule is CCOP(=S)(NC(C)CC)Oc1ccc(OC)cc1[N+](=O)[O-]. The summed E-state index contributed by atoms with van der Waals surface area (Å²) in [5.74, 6) is 0.442. The molecule has 0 spiro atoms. The van der Waals surface area contributed by atoms with Gasteiger partial charge in [0.15, 0.2) is 0 Å². The van der Waals surface area contributed by atoms with Gasteiger partial charge in [-0.25, -0.2) is 5.09 Å². The quantitative estimate of drug-likeness (QED) is 0.414. The maximum absolute atomic E-state index is 11.2. The molecule has 0 saturated heterocycles. The minimum atomic E-state index is -2.87. The van der Waals surface area contributed by atoms with Gasteiger partial charge in [0.1, 0.15) is 5.75 Å². The number of benzene rings is 1. The molecule has 0 bridgehead atoms. The van der Waals surface area contributed by atoms with Crippen LogP contribution < -0.4 is 14.3 Å². The Morgan fingerprint density at radius 1 is 1.45 bits per heavy atom. The summed E-state index contributed by atoms with van der Waals surface area (Å²) in [6.07, 6.45) is 0.833. The number of methoxy groups -OCH3 is 1. The van der Waals surface area contributed by atoms with Crippen LogP contribution in [-0.2, 0) is 16.3 Å². The highest BCUT2D eigenvalue weighted by molar-refractivity contribution is 8.09. The first-order chi connectivity index (χ1) is 10.3. The molecule has 0 saturated carbocycles. The molecule has 124 valence electrons. The first kappa shape index (κ1) is 18.8. The highest BCUT2D eigenvalue weighted by Crippen LogP contribution is 2.48. The van der Waals surface area contributed by atoms with Gasteiger partial charge >= 0.3 is 12.3 Å². The molecule has 0 aliphatic carbocycles. The molecule has 7 nitrogen and oxygen atoms in total. The fourth-order valence-corrected chi connectivity index (χ4v) is 4.35. The second kappa shape index (κ2) is 8.43. The predicted octanol–water partition coefficient (Wildman–Crippen LogP) is 3.63. The average Bonchev–Trinajstić information content (AvgIpc) is 2.47. The number of hydrogen-bond acceptors (Lipinski definition) is 6. The van der Waals surface area contributed by atoms with Gasteiger partial charge in [0.2, 0.25) is 5.75 Å². The second-order valence-corrected chi connectivity index (χ2v) is 7.67. The van der Waals surface area contributed by atoms with Crippen molar-refractivity contribution in [3.05, 3.63) is 28.3 Å². The molecule has 0 radical (unpaired) electrons. The first-order valence-corrected chi connectivity index (χ1v) is 9.53. The largest absolute Gasteiger partial charge is 0.496 e. The summed E-state index contributed by atoms with van der Waals surface area (Å²) < 4.78 is 16.2. The van der Waals surface area contributed by atoms with Crippen LogP contribution in [0.4, 0.5) is 5.69 Å². The van der Waals surface area contributed by atoms with Gasteiger partial charge in [-0.2, -0.15) is 0 Å². The lowest BCUT2D eigenvalue weighted by atomic mass is 10.3. The normalized spacial score (nSPS) is 14.9. The molecule has 0 fully saturated rings. The molecule has 0 aliphatic rings. The standard InChI is InChI=1S/C13H21N2O5PS/c1-5-10(3)14-21(22,19-6-2)20-13-8-7-11(18-4)9-12(13)15(16)17/h7-10H,5-6H2,1-4H3,(H,14,22). The van der Waals surface area contributed by atoms with E-state index in [-0.39, 0.29) is 17.5 Å². The van der Waals surface area contributed by atoms with Gasteiger partial charge in [-0.05, 0) is 44.2 Å². The zero-order valence-corrected chi connectivity index (χ0v) is 14.8. The summed E-state index contributed by atoms with van der Waals surface area (Å²) in [6, 6.07) is 4.42. The van der Waals surface area contributed by atoms with Crippen LogP contribution in [0.1, 0.15) is 27.2 Å². The van der Waals surface area contributed by atoms with Crippen molar-refractivity contribution in [2.24, 2.45) is 0 Å². The molecule has 2 atom stereocenters. The molecule has 0 amide bonds. The smallest absolute Gasteiger partial charge is 0.315 e. The van der Waals surface area contributed by atoms with Gasteiger partial charge in [-0.3, -0.25) is 10.1 Å². The number of nitrogens with one attached hydrogen (secondary N) is 1. The zero-order chi connectivity index (χ0) is 16.8. The van der Waals surface area contributed by atoms with Crippen molar-refractivity contribution < 1.29 is 18.7 Å². The molecule has 1 rings (SSSR count). The van der Waals surface area contributed by atoms with E-state index in [2.05, 4.69) is 5.09 Å². The third-order valence-corrected chi connectivity index (χ3v) is 5.52. The van der Waals surface area contributed by atoms with Crippen molar-refractivity contribution in [3.8, 4) is 11.5 Å². The van der Waals surface area contributed by atoms with Crippen molar-refractivity contribution >= 4 is 24.1 Å². The van der Waals surface area contributed by atoms with Crippen LogP contribution in [0.5, 0.6) is 11.5 Å². The minimum absolute atomic E-state index is 0.0680. The lowest BCUT2D eigenvalue weighted by molar-refractivity contribution is -0.385. The molecule has 1 aromatic carbocycles. The fraction of sp³-hybridized carbons (Fsp3) is 0.538. The third-order valence-electron chi connectivity index (χ3n) is 2.87. The molecule has 0 aliphatic heterocycles. The lowest BCUT2D eigenvalue weighted by Gasteiger charge is -2.25. The van der Waals surface area contributed by atoms with Crippen molar-refractivity contribution in [3.63, 3.8) is 0 Å². The molecule has 0 aromatic heterocycles. The molecule has 0 heterocycles. The van der Waals surface area contributed by atoms with E-state index in [4.69, 9.17) is 25.6 Å². The number of rotatable bonds is 9. The van der Waals surface area contributed by atoms with Crippen LogP contribution in [0.3, 0.4) is 0 Å². The maximum atomic E-state index is 11.2. The van der Waals surface area contributed by atoms with E-state index in [1.165, 1.54) is 19.2 Å². The number of nitro groups is 1. The van der Waals surface area contributed by atoms with Crippen LogP contribution in [0.2, 0.25) is 0 Å². The molecular formula is C13H21N2O5PS. The Kier molecular flexibility index (Phi) is 7.22. The van der Waals surface area contributed by atoms with Crippen LogP contribution in [0.15, 0.2) is 18.2 Å². The van der Waals surface area contributed by atoms with E-state index in [9.17, 15) is 10.1 Å². The van der Waals surface area contributed by atoms with E-state index in [0.717, 1.165) is 6.42 Å². The summed E-state index contributed by atoms with van der Waals surface area (Å²) >= 11 is 5.43. The number of hydrogen-bond donors (Lipinski definition) is 1. The van der Waals surface area contributed by atoms with Crippen LogP contribution in [0, 0.1) is 10.1 Å². The van der Waals surface area contributed by atoms with Gasteiger partial charge < -0.3 is 13.8 Å². The van der Waals surface area contributed by atoms with Gasteiger partial charge in [-0.1, -0.05) is 6.92 Å². The Balaban J connectivity index is 3.12. The Bertz CT molecular complexity index is 569. The topological polar surface area (TPSA) is 82.9 Å². The summed E-state index contributed by atoms with van der Waals surface area (Å²) in [4.78, 5) is 10.7. The Hall–Kier alpha value is -1.21. The van der Waals surface area contributed by atoms with E-state index in [0.29, 0.717) is 12.4 Å². The van der Waals surface area contributed by atoms with E-state index in [1.807, 2.05) is 13.8 Å². The summed E-state index contributed by atoms with van der Waals surface area (Å²) in [7, 11) is 1.44. The highest BCUT2D eigenvalue weighted by atomic mass is 32.5. The highest BCUT2D eigenvalue weighted by Gasteiger charge is 2.27. The Morgan fingerprint density at radius 2 is 2.14 bits per heavy atom. The second-order valence-electron chi connectivity index (χ2n) is 4.54.